The summed E-state index contributed by atoms with van der Waals surface area (Å²) in [6.07, 6.45) is 0. The van der Waals surface area contributed by atoms with Crippen molar-refractivity contribution in [3.63, 3.8) is 0 Å². The maximum absolute atomic E-state index is 13.4. The molecule has 2 N–H and O–H groups in total. The first kappa shape index (κ1) is 14.1. The van der Waals surface area contributed by atoms with E-state index in [2.05, 4.69) is 10.1 Å². The van der Waals surface area contributed by atoms with Gasteiger partial charge < -0.3 is 15.2 Å². The van der Waals surface area contributed by atoms with Gasteiger partial charge in [0.1, 0.15) is 5.82 Å². The Morgan fingerprint density at radius 3 is 2.72 bits per heavy atom. The van der Waals surface area contributed by atoms with Crippen LogP contribution in [-0.4, -0.2) is 36.7 Å². The number of benzene rings is 1. The fourth-order valence-electron chi connectivity index (χ4n) is 1.37. The number of nitrogens with one attached hydrogen (secondary N) is 1. The van der Waals surface area contributed by atoms with Crippen molar-refractivity contribution in [2.75, 3.05) is 13.7 Å². The van der Waals surface area contributed by atoms with Crippen LogP contribution in [0.4, 0.5) is 4.39 Å². The lowest BCUT2D eigenvalue weighted by Gasteiger charge is -2.14. The highest BCUT2D eigenvalue weighted by Gasteiger charge is 2.22. The number of aryl methyl sites for hydroxylation is 1. The van der Waals surface area contributed by atoms with Gasteiger partial charge in [0.25, 0.3) is 5.91 Å². The normalized spacial score (nSPS) is 11.8. The van der Waals surface area contributed by atoms with Gasteiger partial charge in [0.05, 0.1) is 19.3 Å². The monoisotopic (exact) mass is 255 g/mol. The summed E-state index contributed by atoms with van der Waals surface area (Å²) in [7, 11) is 1.13. The Morgan fingerprint density at radius 2 is 2.17 bits per heavy atom. The van der Waals surface area contributed by atoms with Crippen molar-refractivity contribution >= 4 is 11.9 Å². The van der Waals surface area contributed by atoms with Gasteiger partial charge in [-0.25, -0.2) is 9.18 Å². The Labute approximate surface area is 104 Å². The van der Waals surface area contributed by atoms with Gasteiger partial charge in [-0.2, -0.15) is 0 Å². The zero-order valence-electron chi connectivity index (χ0n) is 10.1. The third-order valence-electron chi connectivity index (χ3n) is 2.34. The second-order valence-electron chi connectivity index (χ2n) is 3.72. The molecule has 0 saturated carbocycles. The Hall–Kier alpha value is -1.95. The van der Waals surface area contributed by atoms with E-state index in [1.807, 2.05) is 0 Å². The molecule has 0 aromatic heterocycles. The fourth-order valence-corrected chi connectivity index (χ4v) is 1.37. The molecule has 98 valence electrons. The van der Waals surface area contributed by atoms with Crippen molar-refractivity contribution in [3.8, 4) is 0 Å². The average molecular weight is 255 g/mol. The number of hydrogen-bond donors (Lipinski definition) is 2. The molecule has 1 atom stereocenters. The molecule has 1 unspecified atom stereocenters. The summed E-state index contributed by atoms with van der Waals surface area (Å²) in [4.78, 5) is 22.9. The molecular formula is C12H14FNO4. The van der Waals surface area contributed by atoms with Crippen LogP contribution in [0.15, 0.2) is 18.2 Å². The molecule has 6 heteroatoms. The Kier molecular flexibility index (Phi) is 4.79. The zero-order chi connectivity index (χ0) is 13.7. The molecule has 0 aliphatic rings. The summed E-state index contributed by atoms with van der Waals surface area (Å²) < 4.78 is 17.8. The molecule has 1 rings (SSSR count). The van der Waals surface area contributed by atoms with Crippen LogP contribution in [0.25, 0.3) is 0 Å². The van der Waals surface area contributed by atoms with E-state index in [-0.39, 0.29) is 5.56 Å². The van der Waals surface area contributed by atoms with Crippen molar-refractivity contribution < 1.29 is 23.8 Å². The lowest BCUT2D eigenvalue weighted by molar-refractivity contribution is -0.143. The molecule has 5 nitrogen and oxygen atoms in total. The first-order valence-corrected chi connectivity index (χ1v) is 5.25. The predicted octanol–water partition coefficient (Wildman–Crippen LogP) is 0.398. The number of rotatable bonds is 4. The smallest absolute Gasteiger partial charge is 0.330 e. The van der Waals surface area contributed by atoms with E-state index in [1.165, 1.54) is 12.1 Å². The molecule has 1 amide bonds. The first-order valence-electron chi connectivity index (χ1n) is 5.25. The number of carbonyl (C=O) groups excluding carboxylic acids is 2. The first-order chi connectivity index (χ1) is 8.49. The van der Waals surface area contributed by atoms with Crippen LogP contribution >= 0.6 is 0 Å². The maximum Gasteiger partial charge on any atom is 0.330 e. The van der Waals surface area contributed by atoms with Gasteiger partial charge in [-0.3, -0.25) is 4.79 Å². The van der Waals surface area contributed by atoms with E-state index in [0.717, 1.165) is 13.2 Å². The molecule has 0 bridgehead atoms. The van der Waals surface area contributed by atoms with Crippen molar-refractivity contribution in [1.29, 1.82) is 0 Å². The van der Waals surface area contributed by atoms with E-state index in [0.29, 0.717) is 5.56 Å². The van der Waals surface area contributed by atoms with Gasteiger partial charge in [-0.05, 0) is 19.1 Å². The second-order valence-corrected chi connectivity index (χ2v) is 3.72. The van der Waals surface area contributed by atoms with Crippen molar-refractivity contribution in [3.05, 3.63) is 35.1 Å². The summed E-state index contributed by atoms with van der Waals surface area (Å²) in [5.41, 5.74) is 0.525. The van der Waals surface area contributed by atoms with E-state index in [1.54, 1.807) is 6.92 Å². The van der Waals surface area contributed by atoms with Crippen LogP contribution in [0.3, 0.4) is 0 Å². The van der Waals surface area contributed by atoms with E-state index in [9.17, 15) is 14.0 Å². The van der Waals surface area contributed by atoms with Crippen LogP contribution in [0.1, 0.15) is 15.9 Å². The average Bonchev–Trinajstić information content (AvgIpc) is 2.37. The van der Waals surface area contributed by atoms with Gasteiger partial charge >= 0.3 is 5.97 Å². The van der Waals surface area contributed by atoms with Crippen LogP contribution in [0, 0.1) is 12.7 Å². The highest BCUT2D eigenvalue weighted by molar-refractivity contribution is 5.97. The number of amides is 1. The van der Waals surface area contributed by atoms with E-state index >= 15 is 0 Å². The maximum atomic E-state index is 13.4. The Balaban J connectivity index is 2.87. The number of carbonyl (C=O) groups is 2. The molecule has 0 saturated heterocycles. The van der Waals surface area contributed by atoms with E-state index < -0.39 is 30.3 Å². The van der Waals surface area contributed by atoms with Crippen molar-refractivity contribution in [2.24, 2.45) is 0 Å². The van der Waals surface area contributed by atoms with Gasteiger partial charge in [-0.1, -0.05) is 11.6 Å². The molecular weight excluding hydrogens is 241 g/mol. The Morgan fingerprint density at radius 1 is 1.50 bits per heavy atom. The molecule has 1 aromatic carbocycles. The summed E-state index contributed by atoms with van der Waals surface area (Å²) in [6, 6.07) is 2.84. The molecule has 18 heavy (non-hydrogen) atoms. The Bertz CT molecular complexity index is 461. The topological polar surface area (TPSA) is 75.6 Å². The van der Waals surface area contributed by atoms with Crippen LogP contribution in [0.2, 0.25) is 0 Å². The molecule has 0 spiro atoms. The van der Waals surface area contributed by atoms with Crippen LogP contribution in [0.5, 0.6) is 0 Å². The number of aliphatic hydroxyl groups excluding tert-OH is 1. The van der Waals surface area contributed by atoms with Crippen molar-refractivity contribution in [1.82, 2.24) is 5.32 Å². The standard InChI is InChI=1S/C12H14FNO4/c1-7-3-4-9(13)8(5-7)11(16)14-10(6-15)12(17)18-2/h3-5,10,15H,6H2,1-2H3,(H,14,16). The number of esters is 1. The van der Waals surface area contributed by atoms with Crippen LogP contribution in [-0.2, 0) is 9.53 Å². The van der Waals surface area contributed by atoms with Gasteiger partial charge in [-0.15, -0.1) is 0 Å². The minimum Gasteiger partial charge on any atom is -0.467 e. The number of aliphatic hydroxyl groups is 1. The molecule has 0 fully saturated rings. The molecule has 1 aromatic rings. The predicted molar refractivity (Wildman–Crippen MR) is 61.5 cm³/mol. The zero-order valence-corrected chi connectivity index (χ0v) is 10.1. The van der Waals surface area contributed by atoms with Gasteiger partial charge in [0.2, 0.25) is 0 Å². The molecule has 0 aliphatic carbocycles. The largest absolute Gasteiger partial charge is 0.467 e. The third kappa shape index (κ3) is 3.27. The molecule has 0 aliphatic heterocycles. The minimum absolute atomic E-state index is 0.183. The summed E-state index contributed by atoms with van der Waals surface area (Å²) in [6.45, 7) is 1.09. The number of methoxy groups -OCH3 is 1. The number of ether oxygens (including phenoxy) is 1. The quantitative estimate of drug-likeness (QED) is 0.763. The minimum atomic E-state index is -1.21. The third-order valence-corrected chi connectivity index (χ3v) is 2.34. The molecule has 0 radical (unpaired) electrons. The summed E-state index contributed by atoms with van der Waals surface area (Å²) in [5, 5.41) is 11.1. The van der Waals surface area contributed by atoms with Crippen molar-refractivity contribution in [2.45, 2.75) is 13.0 Å². The highest BCUT2D eigenvalue weighted by Crippen LogP contribution is 2.10. The molecule has 0 heterocycles. The second kappa shape index (κ2) is 6.11. The lowest BCUT2D eigenvalue weighted by atomic mass is 10.1. The van der Waals surface area contributed by atoms with Gasteiger partial charge in [0, 0.05) is 0 Å². The fraction of sp³-hybridized carbons (Fsp3) is 0.333. The SMILES string of the molecule is COC(=O)C(CO)NC(=O)c1cc(C)ccc1F. The number of hydrogen-bond acceptors (Lipinski definition) is 4. The summed E-state index contributed by atoms with van der Waals surface area (Å²) in [5.74, 6) is -2.26. The van der Waals surface area contributed by atoms with Gasteiger partial charge in [0.15, 0.2) is 6.04 Å². The van der Waals surface area contributed by atoms with Crippen LogP contribution < -0.4 is 5.32 Å². The number of halogens is 1. The van der Waals surface area contributed by atoms with E-state index in [4.69, 9.17) is 5.11 Å². The lowest BCUT2D eigenvalue weighted by Crippen LogP contribution is -2.44. The highest BCUT2D eigenvalue weighted by atomic mass is 19.1. The summed E-state index contributed by atoms with van der Waals surface area (Å²) >= 11 is 0.